The second-order valence-electron chi connectivity index (χ2n) is 7.10. The van der Waals surface area contributed by atoms with Crippen LogP contribution < -0.4 is 19.6 Å². The summed E-state index contributed by atoms with van der Waals surface area (Å²) in [6.07, 6.45) is 1.76. The van der Waals surface area contributed by atoms with Gasteiger partial charge >= 0.3 is 0 Å². The van der Waals surface area contributed by atoms with E-state index in [-0.39, 0.29) is 24.8 Å². The van der Waals surface area contributed by atoms with Crippen molar-refractivity contribution in [3.63, 3.8) is 0 Å². The molecule has 0 bridgehead atoms. The molecule has 0 saturated heterocycles. The second-order valence-corrected chi connectivity index (χ2v) is 7.10. The van der Waals surface area contributed by atoms with Crippen LogP contribution in [0, 0.1) is 5.82 Å². The van der Waals surface area contributed by atoms with Crippen LogP contribution in [-0.2, 0) is 17.8 Å². The Morgan fingerprint density at radius 2 is 1.58 bits per heavy atom. The van der Waals surface area contributed by atoms with Crippen molar-refractivity contribution in [1.29, 1.82) is 0 Å². The molecular weight excluding hydrogens is 423 g/mol. The molecule has 0 heterocycles. The van der Waals surface area contributed by atoms with Crippen molar-refractivity contribution in [2.75, 3.05) is 13.2 Å². The van der Waals surface area contributed by atoms with Crippen LogP contribution in [0.15, 0.2) is 71.8 Å². The molecule has 3 rings (SSSR count). The number of carbonyl (C=O) groups excluding carboxylic acids is 1. The summed E-state index contributed by atoms with van der Waals surface area (Å²) < 4.78 is 30.0. The highest BCUT2D eigenvalue weighted by molar-refractivity contribution is 5.84. The lowest BCUT2D eigenvalue weighted by atomic mass is 10.1. The van der Waals surface area contributed by atoms with Crippen molar-refractivity contribution in [2.45, 2.75) is 26.9 Å². The Morgan fingerprint density at radius 3 is 2.27 bits per heavy atom. The molecule has 0 radical (unpaired) electrons. The summed E-state index contributed by atoms with van der Waals surface area (Å²) in [7, 11) is 0. The molecule has 6 nitrogen and oxygen atoms in total. The molecule has 3 aromatic rings. The first-order chi connectivity index (χ1) is 16.1. The third-order valence-corrected chi connectivity index (χ3v) is 4.58. The minimum Gasteiger partial charge on any atom is -0.494 e. The van der Waals surface area contributed by atoms with Crippen LogP contribution in [0.3, 0.4) is 0 Å². The quantitative estimate of drug-likeness (QED) is 0.333. The summed E-state index contributed by atoms with van der Waals surface area (Å²) in [6.45, 7) is 5.15. The summed E-state index contributed by atoms with van der Waals surface area (Å²) in [5.74, 6) is 1.39. The van der Waals surface area contributed by atoms with E-state index >= 15 is 0 Å². The average Bonchev–Trinajstić information content (AvgIpc) is 2.81. The molecule has 3 aromatic carbocycles. The molecule has 0 aliphatic carbocycles. The number of carbonyl (C=O) groups is 1. The van der Waals surface area contributed by atoms with Gasteiger partial charge in [-0.25, -0.2) is 9.82 Å². The predicted molar refractivity (Wildman–Crippen MR) is 125 cm³/mol. The number of benzene rings is 3. The van der Waals surface area contributed by atoms with Gasteiger partial charge in [-0.15, -0.1) is 0 Å². The number of amides is 1. The van der Waals surface area contributed by atoms with Gasteiger partial charge in [-0.2, -0.15) is 5.10 Å². The van der Waals surface area contributed by atoms with Crippen molar-refractivity contribution in [1.82, 2.24) is 5.43 Å². The summed E-state index contributed by atoms with van der Waals surface area (Å²) in [5, 5.41) is 4.04. The lowest BCUT2D eigenvalue weighted by molar-refractivity contribution is -0.120. The molecule has 1 N–H and O–H groups in total. The van der Waals surface area contributed by atoms with Gasteiger partial charge in [0.1, 0.15) is 18.2 Å². The lowest BCUT2D eigenvalue weighted by Gasteiger charge is -2.12. The molecule has 7 heteroatoms. The maximum atomic E-state index is 13.1. The molecule has 0 unspecified atom stereocenters. The number of halogens is 1. The fourth-order valence-corrected chi connectivity index (χ4v) is 3.01. The summed E-state index contributed by atoms with van der Waals surface area (Å²) in [4.78, 5) is 12.2. The van der Waals surface area contributed by atoms with Gasteiger partial charge in [-0.3, -0.25) is 4.79 Å². The summed E-state index contributed by atoms with van der Waals surface area (Å²) in [6, 6.07) is 18.9. The molecule has 0 saturated carbocycles. The minimum absolute atomic E-state index is 0.212. The summed E-state index contributed by atoms with van der Waals surface area (Å²) >= 11 is 0. The zero-order valence-electron chi connectivity index (χ0n) is 18.7. The molecular formula is C26H27FN2O4. The Hall–Kier alpha value is -3.87. The van der Waals surface area contributed by atoms with Crippen LogP contribution in [0.1, 0.15) is 30.5 Å². The largest absolute Gasteiger partial charge is 0.494 e. The Labute approximate surface area is 193 Å². The highest BCUT2D eigenvalue weighted by Gasteiger charge is 2.07. The fourth-order valence-electron chi connectivity index (χ4n) is 3.01. The van der Waals surface area contributed by atoms with Crippen LogP contribution in [0.4, 0.5) is 4.39 Å². The fraction of sp³-hybridized carbons (Fsp3) is 0.231. The molecule has 33 heavy (non-hydrogen) atoms. The van der Waals surface area contributed by atoms with Gasteiger partial charge in [0.15, 0.2) is 11.5 Å². The van der Waals surface area contributed by atoms with Crippen LogP contribution >= 0.6 is 0 Å². The third-order valence-electron chi connectivity index (χ3n) is 4.58. The molecule has 0 spiro atoms. The third kappa shape index (κ3) is 7.64. The maximum absolute atomic E-state index is 13.1. The Bertz CT molecular complexity index is 1070. The standard InChI is InChI=1S/C26H27FN2O4/c1-3-31-23-12-7-19(8-13-23)16-26(30)29-28-17-21-9-14-24(25(15-21)32-4-2)33-18-20-5-10-22(27)11-6-20/h5-15,17H,3-4,16,18H2,1-2H3,(H,29,30)/b28-17-. The Balaban J connectivity index is 1.56. The van der Waals surface area contributed by atoms with E-state index in [0.717, 1.165) is 22.4 Å². The van der Waals surface area contributed by atoms with E-state index in [1.165, 1.54) is 12.1 Å². The highest BCUT2D eigenvalue weighted by Crippen LogP contribution is 2.29. The lowest BCUT2D eigenvalue weighted by Crippen LogP contribution is -2.19. The average molecular weight is 451 g/mol. The number of rotatable bonds is 11. The van der Waals surface area contributed by atoms with Crippen LogP contribution in [-0.4, -0.2) is 25.3 Å². The van der Waals surface area contributed by atoms with Crippen LogP contribution in [0.2, 0.25) is 0 Å². The zero-order chi connectivity index (χ0) is 23.5. The van der Waals surface area contributed by atoms with E-state index in [1.54, 1.807) is 30.5 Å². The maximum Gasteiger partial charge on any atom is 0.244 e. The Kier molecular flexibility index (Phi) is 8.82. The topological polar surface area (TPSA) is 69.2 Å². The van der Waals surface area contributed by atoms with Crippen molar-refractivity contribution in [3.05, 3.63) is 89.2 Å². The number of ether oxygens (including phenoxy) is 3. The SMILES string of the molecule is CCOc1ccc(CC(=O)N/N=C\c2ccc(OCc3ccc(F)cc3)c(OCC)c2)cc1. The minimum atomic E-state index is -0.288. The first-order valence-electron chi connectivity index (χ1n) is 10.7. The first kappa shape index (κ1) is 23.8. The van der Waals surface area contributed by atoms with Crippen molar-refractivity contribution in [3.8, 4) is 17.2 Å². The molecule has 172 valence electrons. The first-order valence-corrected chi connectivity index (χ1v) is 10.7. The highest BCUT2D eigenvalue weighted by atomic mass is 19.1. The van der Waals surface area contributed by atoms with Gasteiger partial charge in [-0.1, -0.05) is 24.3 Å². The second kappa shape index (κ2) is 12.2. The zero-order valence-corrected chi connectivity index (χ0v) is 18.7. The summed E-state index contributed by atoms with van der Waals surface area (Å²) in [5.41, 5.74) is 4.99. The van der Waals surface area contributed by atoms with E-state index < -0.39 is 0 Å². The molecule has 1 amide bonds. The molecule has 0 fully saturated rings. The predicted octanol–water partition coefficient (Wildman–Crippen LogP) is 4.89. The normalized spacial score (nSPS) is 10.8. The van der Waals surface area contributed by atoms with Gasteiger partial charge in [0, 0.05) is 0 Å². The van der Waals surface area contributed by atoms with Gasteiger partial charge in [0.2, 0.25) is 5.91 Å². The van der Waals surface area contributed by atoms with Gasteiger partial charge in [0.05, 0.1) is 25.8 Å². The number of hydrogen-bond acceptors (Lipinski definition) is 5. The van der Waals surface area contributed by atoms with Crippen molar-refractivity contribution < 1.29 is 23.4 Å². The number of nitrogens with zero attached hydrogens (tertiary/aromatic N) is 1. The van der Waals surface area contributed by atoms with Crippen molar-refractivity contribution >= 4 is 12.1 Å². The van der Waals surface area contributed by atoms with E-state index in [0.29, 0.717) is 24.7 Å². The molecule has 0 aliphatic rings. The van der Waals surface area contributed by atoms with Gasteiger partial charge in [-0.05, 0) is 73.0 Å². The van der Waals surface area contributed by atoms with Crippen LogP contribution in [0.5, 0.6) is 17.2 Å². The van der Waals surface area contributed by atoms with E-state index in [2.05, 4.69) is 10.5 Å². The van der Waals surface area contributed by atoms with E-state index in [4.69, 9.17) is 14.2 Å². The Morgan fingerprint density at radius 1 is 0.879 bits per heavy atom. The molecule has 0 aliphatic heterocycles. The smallest absolute Gasteiger partial charge is 0.244 e. The molecule has 0 atom stereocenters. The number of hydrazone groups is 1. The number of hydrogen-bond donors (Lipinski definition) is 1. The number of nitrogens with one attached hydrogen (secondary N) is 1. The van der Waals surface area contributed by atoms with Gasteiger partial charge in [0.25, 0.3) is 0 Å². The monoisotopic (exact) mass is 450 g/mol. The molecule has 0 aromatic heterocycles. The van der Waals surface area contributed by atoms with E-state index in [1.807, 2.05) is 44.2 Å². The van der Waals surface area contributed by atoms with Gasteiger partial charge < -0.3 is 14.2 Å². The van der Waals surface area contributed by atoms with Crippen molar-refractivity contribution in [2.24, 2.45) is 5.10 Å². The van der Waals surface area contributed by atoms with Crippen LogP contribution in [0.25, 0.3) is 0 Å². The van der Waals surface area contributed by atoms with E-state index in [9.17, 15) is 9.18 Å².